The number of nitrogens with one attached hydrogen (secondary N) is 1. The zero-order valence-corrected chi connectivity index (χ0v) is 7.58. The van der Waals surface area contributed by atoms with Crippen LogP contribution in [-0.2, 0) is 6.42 Å². The Morgan fingerprint density at radius 3 is 2.85 bits per heavy atom. The second-order valence-corrected chi connectivity index (χ2v) is 2.76. The summed E-state index contributed by atoms with van der Waals surface area (Å²) >= 11 is 0. The van der Waals surface area contributed by atoms with Gasteiger partial charge in [-0.3, -0.25) is 4.79 Å². The van der Waals surface area contributed by atoms with Gasteiger partial charge in [0.1, 0.15) is 0 Å². The Kier molecular flexibility index (Phi) is 3.46. The smallest absolute Gasteiger partial charge is 0.152 e. The summed E-state index contributed by atoms with van der Waals surface area (Å²) in [6.45, 7) is 0.129. The molecule has 3 heteroatoms. The molecule has 13 heavy (non-hydrogen) atoms. The third-order valence-corrected chi connectivity index (χ3v) is 1.91. The average molecular weight is 179 g/mol. The molecule has 1 aromatic carbocycles. The highest BCUT2D eigenvalue weighted by Crippen LogP contribution is 2.15. The number of aliphatic hydroxyl groups excluding tert-OH is 1. The Labute approximate surface area is 77.4 Å². The van der Waals surface area contributed by atoms with Crippen LogP contribution in [0, 0.1) is 0 Å². The van der Waals surface area contributed by atoms with Crippen molar-refractivity contribution < 1.29 is 9.90 Å². The van der Waals surface area contributed by atoms with Crippen molar-refractivity contribution in [1.82, 2.24) is 0 Å². The molecule has 0 aromatic heterocycles. The summed E-state index contributed by atoms with van der Waals surface area (Å²) < 4.78 is 0. The fraction of sp³-hybridized carbons (Fsp3) is 0.300. The molecule has 0 fully saturated rings. The predicted octanol–water partition coefficient (Wildman–Crippen LogP) is 1.08. The fourth-order valence-corrected chi connectivity index (χ4v) is 1.21. The number of rotatable bonds is 4. The monoisotopic (exact) mass is 179 g/mol. The van der Waals surface area contributed by atoms with Crippen LogP contribution in [0.2, 0.25) is 0 Å². The van der Waals surface area contributed by atoms with E-state index in [2.05, 4.69) is 5.32 Å². The lowest BCUT2D eigenvalue weighted by molar-refractivity contribution is 0.112. The minimum Gasteiger partial charge on any atom is -0.396 e. The Balaban J connectivity index is 2.98. The van der Waals surface area contributed by atoms with Crippen LogP contribution in [0.25, 0.3) is 0 Å². The molecule has 0 bridgehead atoms. The molecule has 3 nitrogen and oxygen atoms in total. The molecule has 1 aromatic rings. The molecule has 0 spiro atoms. The lowest BCUT2D eigenvalue weighted by atomic mass is 10.1. The van der Waals surface area contributed by atoms with Gasteiger partial charge in [-0.05, 0) is 24.1 Å². The van der Waals surface area contributed by atoms with Gasteiger partial charge < -0.3 is 10.4 Å². The molecular formula is C10H13NO2. The van der Waals surface area contributed by atoms with E-state index in [0.717, 1.165) is 17.5 Å². The standard InChI is InChI=1S/C10H13NO2/c1-11-10-6-8(4-5-12)2-3-9(10)7-13/h2-3,6-7,11-12H,4-5H2,1H3. The van der Waals surface area contributed by atoms with E-state index in [9.17, 15) is 4.79 Å². The summed E-state index contributed by atoms with van der Waals surface area (Å²) in [4.78, 5) is 10.6. The third kappa shape index (κ3) is 2.29. The normalized spacial score (nSPS) is 9.69. The predicted molar refractivity (Wildman–Crippen MR) is 52.2 cm³/mol. The van der Waals surface area contributed by atoms with Crippen LogP contribution < -0.4 is 5.32 Å². The summed E-state index contributed by atoms with van der Waals surface area (Å²) in [5.74, 6) is 0. The molecular weight excluding hydrogens is 166 g/mol. The van der Waals surface area contributed by atoms with Gasteiger partial charge in [0.25, 0.3) is 0 Å². The maximum atomic E-state index is 10.6. The Morgan fingerprint density at radius 1 is 1.54 bits per heavy atom. The van der Waals surface area contributed by atoms with Gasteiger partial charge in [-0.15, -0.1) is 0 Å². The highest BCUT2D eigenvalue weighted by Gasteiger charge is 2.00. The van der Waals surface area contributed by atoms with E-state index in [1.807, 2.05) is 12.1 Å². The largest absolute Gasteiger partial charge is 0.396 e. The molecule has 0 amide bonds. The first kappa shape index (κ1) is 9.74. The summed E-state index contributed by atoms with van der Waals surface area (Å²) in [6.07, 6.45) is 1.43. The molecule has 0 saturated heterocycles. The molecule has 0 aliphatic rings. The van der Waals surface area contributed by atoms with E-state index in [4.69, 9.17) is 5.11 Å². The topological polar surface area (TPSA) is 49.3 Å². The first-order valence-corrected chi connectivity index (χ1v) is 4.18. The van der Waals surface area contributed by atoms with E-state index >= 15 is 0 Å². The molecule has 0 atom stereocenters. The number of anilines is 1. The maximum Gasteiger partial charge on any atom is 0.152 e. The quantitative estimate of drug-likeness (QED) is 0.680. The second-order valence-electron chi connectivity index (χ2n) is 2.76. The first-order valence-electron chi connectivity index (χ1n) is 4.18. The minimum absolute atomic E-state index is 0.129. The van der Waals surface area contributed by atoms with Gasteiger partial charge >= 0.3 is 0 Å². The van der Waals surface area contributed by atoms with Crippen LogP contribution in [0.5, 0.6) is 0 Å². The van der Waals surface area contributed by atoms with Crippen LogP contribution >= 0.6 is 0 Å². The Morgan fingerprint density at radius 2 is 2.31 bits per heavy atom. The lowest BCUT2D eigenvalue weighted by Gasteiger charge is -2.06. The zero-order valence-electron chi connectivity index (χ0n) is 7.58. The zero-order chi connectivity index (χ0) is 9.68. The Hall–Kier alpha value is -1.35. The lowest BCUT2D eigenvalue weighted by Crippen LogP contribution is -1.97. The van der Waals surface area contributed by atoms with Crippen LogP contribution in [0.1, 0.15) is 15.9 Å². The van der Waals surface area contributed by atoms with Crippen molar-refractivity contribution in [3.8, 4) is 0 Å². The SMILES string of the molecule is CNc1cc(CCO)ccc1C=O. The van der Waals surface area contributed by atoms with Gasteiger partial charge in [0.2, 0.25) is 0 Å². The van der Waals surface area contributed by atoms with Crippen molar-refractivity contribution in [2.75, 3.05) is 19.0 Å². The van der Waals surface area contributed by atoms with E-state index in [0.29, 0.717) is 12.0 Å². The van der Waals surface area contributed by atoms with Crippen molar-refractivity contribution in [3.05, 3.63) is 29.3 Å². The summed E-state index contributed by atoms with van der Waals surface area (Å²) in [5, 5.41) is 11.7. The number of hydrogen-bond acceptors (Lipinski definition) is 3. The molecule has 0 aliphatic heterocycles. The number of aliphatic hydroxyl groups is 1. The van der Waals surface area contributed by atoms with Gasteiger partial charge in [0.05, 0.1) is 0 Å². The fourth-order valence-electron chi connectivity index (χ4n) is 1.21. The first-order chi connectivity index (χ1) is 6.31. The van der Waals surface area contributed by atoms with Gasteiger partial charge in [-0.1, -0.05) is 6.07 Å². The number of aldehydes is 1. The summed E-state index contributed by atoms with van der Waals surface area (Å²) in [7, 11) is 1.77. The number of hydrogen-bond donors (Lipinski definition) is 2. The highest BCUT2D eigenvalue weighted by atomic mass is 16.2. The molecule has 0 unspecified atom stereocenters. The van der Waals surface area contributed by atoms with Crippen molar-refractivity contribution in [2.24, 2.45) is 0 Å². The maximum absolute atomic E-state index is 10.6. The van der Waals surface area contributed by atoms with Crippen molar-refractivity contribution in [2.45, 2.75) is 6.42 Å². The second kappa shape index (κ2) is 4.62. The van der Waals surface area contributed by atoms with E-state index in [-0.39, 0.29) is 6.61 Å². The molecule has 0 radical (unpaired) electrons. The minimum atomic E-state index is 0.129. The van der Waals surface area contributed by atoms with Gasteiger partial charge in [-0.25, -0.2) is 0 Å². The van der Waals surface area contributed by atoms with E-state index in [1.54, 1.807) is 13.1 Å². The van der Waals surface area contributed by atoms with E-state index < -0.39 is 0 Å². The van der Waals surface area contributed by atoms with Crippen molar-refractivity contribution in [1.29, 1.82) is 0 Å². The number of benzene rings is 1. The van der Waals surface area contributed by atoms with Gasteiger partial charge in [0.15, 0.2) is 6.29 Å². The number of carbonyl (C=O) groups excluding carboxylic acids is 1. The number of carbonyl (C=O) groups is 1. The third-order valence-electron chi connectivity index (χ3n) is 1.91. The molecule has 0 aliphatic carbocycles. The summed E-state index contributed by atoms with van der Waals surface area (Å²) in [6, 6.07) is 5.48. The van der Waals surface area contributed by atoms with Crippen molar-refractivity contribution >= 4 is 12.0 Å². The molecule has 0 saturated carbocycles. The average Bonchev–Trinajstić information content (AvgIpc) is 2.18. The van der Waals surface area contributed by atoms with E-state index in [1.165, 1.54) is 0 Å². The van der Waals surface area contributed by atoms with Gasteiger partial charge in [-0.2, -0.15) is 0 Å². The van der Waals surface area contributed by atoms with Crippen LogP contribution in [0.4, 0.5) is 5.69 Å². The molecule has 1 rings (SSSR count). The van der Waals surface area contributed by atoms with Crippen LogP contribution in [0.15, 0.2) is 18.2 Å². The summed E-state index contributed by atoms with van der Waals surface area (Å²) in [5.41, 5.74) is 2.47. The van der Waals surface area contributed by atoms with Gasteiger partial charge in [0, 0.05) is 24.9 Å². The van der Waals surface area contributed by atoms with Crippen LogP contribution in [-0.4, -0.2) is 25.0 Å². The molecule has 70 valence electrons. The van der Waals surface area contributed by atoms with Crippen LogP contribution in [0.3, 0.4) is 0 Å². The van der Waals surface area contributed by atoms with Crippen molar-refractivity contribution in [3.63, 3.8) is 0 Å². The Bertz CT molecular complexity index is 297. The highest BCUT2D eigenvalue weighted by molar-refractivity contribution is 5.84. The molecule has 0 heterocycles. The molecule has 2 N–H and O–H groups in total.